The maximum Gasteiger partial charge on any atom is 0.0850 e. The topological polar surface area (TPSA) is 41.3 Å². The molecule has 1 heterocycles. The van der Waals surface area contributed by atoms with Gasteiger partial charge in [0.1, 0.15) is 0 Å². The van der Waals surface area contributed by atoms with Gasteiger partial charge in [0.25, 0.3) is 0 Å². The molecule has 1 atom stereocenters. The molecule has 1 fully saturated rings. The Morgan fingerprint density at radius 1 is 1.33 bits per heavy atom. The van der Waals surface area contributed by atoms with Gasteiger partial charge in [0.15, 0.2) is 0 Å². The Morgan fingerprint density at radius 2 is 1.95 bits per heavy atom. The molecule has 0 aromatic carbocycles. The zero-order valence-corrected chi connectivity index (χ0v) is 14.4. The van der Waals surface area contributed by atoms with Gasteiger partial charge in [0, 0.05) is 18.5 Å². The zero-order chi connectivity index (χ0) is 15.6. The molecule has 1 aliphatic carbocycles. The van der Waals surface area contributed by atoms with Gasteiger partial charge in [0.2, 0.25) is 0 Å². The summed E-state index contributed by atoms with van der Waals surface area (Å²) < 4.78 is 1.95. The minimum Gasteiger partial charge on any atom is -0.391 e. The van der Waals surface area contributed by atoms with Crippen molar-refractivity contribution in [3.05, 3.63) is 16.4 Å². The quantitative estimate of drug-likeness (QED) is 0.878. The van der Waals surface area contributed by atoms with Crippen molar-refractivity contribution in [1.82, 2.24) is 14.7 Å². The first kappa shape index (κ1) is 16.8. The maximum absolute atomic E-state index is 10.9. The largest absolute Gasteiger partial charge is 0.391 e. The molecule has 0 saturated heterocycles. The summed E-state index contributed by atoms with van der Waals surface area (Å²) in [6.45, 7) is 4.92. The van der Waals surface area contributed by atoms with E-state index in [9.17, 15) is 5.11 Å². The average molecular weight is 314 g/mol. The SMILES string of the molecule is CCc1nn(CC)c(CC(O)C2(N(C)C)CCCC2)c1Cl. The van der Waals surface area contributed by atoms with Gasteiger partial charge in [-0.15, -0.1) is 0 Å². The third-order valence-electron chi connectivity index (χ3n) is 5.06. The second-order valence-corrected chi connectivity index (χ2v) is 6.68. The second-order valence-electron chi connectivity index (χ2n) is 6.30. The van der Waals surface area contributed by atoms with Crippen molar-refractivity contribution in [2.45, 2.75) is 70.6 Å². The van der Waals surface area contributed by atoms with Crippen LogP contribution in [0.4, 0.5) is 0 Å². The number of rotatable bonds is 6. The Balaban J connectivity index is 2.26. The van der Waals surface area contributed by atoms with Crippen LogP contribution in [0.2, 0.25) is 5.02 Å². The van der Waals surface area contributed by atoms with Crippen LogP contribution in [0.5, 0.6) is 0 Å². The fourth-order valence-corrected chi connectivity index (χ4v) is 4.00. The van der Waals surface area contributed by atoms with Crippen LogP contribution in [0, 0.1) is 0 Å². The van der Waals surface area contributed by atoms with Crippen molar-refractivity contribution in [1.29, 1.82) is 0 Å². The molecule has 1 aromatic rings. The number of aryl methyl sites for hydroxylation is 2. The summed E-state index contributed by atoms with van der Waals surface area (Å²) in [6.07, 6.45) is 5.50. The molecule has 1 aliphatic rings. The smallest absolute Gasteiger partial charge is 0.0850 e. The van der Waals surface area contributed by atoms with Gasteiger partial charge in [-0.3, -0.25) is 4.68 Å². The highest BCUT2D eigenvalue weighted by Gasteiger charge is 2.43. The molecule has 1 aromatic heterocycles. The Morgan fingerprint density at radius 3 is 2.43 bits per heavy atom. The van der Waals surface area contributed by atoms with Crippen molar-refractivity contribution in [3.63, 3.8) is 0 Å². The first-order chi connectivity index (χ1) is 9.96. The Bertz CT molecular complexity index is 478. The molecule has 2 rings (SSSR count). The third kappa shape index (κ3) is 2.99. The Labute approximate surface area is 133 Å². The van der Waals surface area contributed by atoms with E-state index in [2.05, 4.69) is 37.9 Å². The number of hydrogen-bond acceptors (Lipinski definition) is 3. The molecule has 1 unspecified atom stereocenters. The van der Waals surface area contributed by atoms with Gasteiger partial charge < -0.3 is 10.0 Å². The maximum atomic E-state index is 10.9. The van der Waals surface area contributed by atoms with Gasteiger partial charge in [-0.1, -0.05) is 31.4 Å². The standard InChI is InChI=1S/C16H28ClN3O/c1-5-12-15(17)13(20(6-2)18-12)11-14(21)16(19(3)4)9-7-8-10-16/h14,21H,5-11H2,1-4H3. The summed E-state index contributed by atoms with van der Waals surface area (Å²) >= 11 is 6.48. The van der Waals surface area contributed by atoms with Crippen molar-refractivity contribution in [2.24, 2.45) is 0 Å². The highest BCUT2D eigenvalue weighted by molar-refractivity contribution is 6.31. The van der Waals surface area contributed by atoms with Crippen molar-refractivity contribution < 1.29 is 5.11 Å². The minimum absolute atomic E-state index is 0.113. The van der Waals surface area contributed by atoms with Crippen LogP contribution in [0.3, 0.4) is 0 Å². The third-order valence-corrected chi connectivity index (χ3v) is 5.50. The van der Waals surface area contributed by atoms with Crippen LogP contribution in [-0.2, 0) is 19.4 Å². The minimum atomic E-state index is -0.404. The van der Waals surface area contributed by atoms with Gasteiger partial charge >= 0.3 is 0 Å². The van der Waals surface area contributed by atoms with E-state index in [1.807, 2.05) is 4.68 Å². The predicted molar refractivity (Wildman–Crippen MR) is 86.9 cm³/mol. The predicted octanol–water partition coefficient (Wildman–Crippen LogP) is 2.90. The summed E-state index contributed by atoms with van der Waals surface area (Å²) in [7, 11) is 4.15. The van der Waals surface area contributed by atoms with Gasteiger partial charge in [-0.05, 0) is 40.3 Å². The highest BCUT2D eigenvalue weighted by atomic mass is 35.5. The van der Waals surface area contributed by atoms with E-state index >= 15 is 0 Å². The van der Waals surface area contributed by atoms with Crippen LogP contribution in [-0.4, -0.2) is 45.5 Å². The van der Waals surface area contributed by atoms with E-state index in [4.69, 9.17) is 11.6 Å². The molecule has 1 N–H and O–H groups in total. The monoisotopic (exact) mass is 313 g/mol. The molecule has 5 heteroatoms. The fourth-order valence-electron chi connectivity index (χ4n) is 3.65. The zero-order valence-electron chi connectivity index (χ0n) is 13.7. The number of halogens is 1. The molecule has 0 aliphatic heterocycles. The van der Waals surface area contributed by atoms with Crippen molar-refractivity contribution in [2.75, 3.05) is 14.1 Å². The molecule has 120 valence electrons. The van der Waals surface area contributed by atoms with Crippen molar-refractivity contribution >= 4 is 11.6 Å². The Kier molecular flexibility index (Phi) is 5.33. The van der Waals surface area contributed by atoms with Crippen LogP contribution < -0.4 is 0 Å². The molecule has 1 saturated carbocycles. The van der Waals surface area contributed by atoms with Crippen molar-refractivity contribution in [3.8, 4) is 0 Å². The van der Waals surface area contributed by atoms with E-state index in [0.29, 0.717) is 6.42 Å². The average Bonchev–Trinajstić information content (AvgIpc) is 3.06. The van der Waals surface area contributed by atoms with Crippen LogP contribution in [0.1, 0.15) is 50.9 Å². The number of nitrogens with zero attached hydrogens (tertiary/aromatic N) is 3. The van der Waals surface area contributed by atoms with E-state index in [1.54, 1.807) is 0 Å². The molecule has 0 amide bonds. The molecular formula is C16H28ClN3O. The lowest BCUT2D eigenvalue weighted by atomic mass is 9.86. The summed E-state index contributed by atoms with van der Waals surface area (Å²) in [5.41, 5.74) is 1.81. The molecule has 4 nitrogen and oxygen atoms in total. The van der Waals surface area contributed by atoms with E-state index < -0.39 is 6.10 Å². The summed E-state index contributed by atoms with van der Waals surface area (Å²) in [5, 5.41) is 16.2. The Hall–Kier alpha value is -0.580. The first-order valence-electron chi connectivity index (χ1n) is 8.05. The summed E-state index contributed by atoms with van der Waals surface area (Å²) in [5.74, 6) is 0. The number of aliphatic hydroxyl groups is 1. The van der Waals surface area contributed by atoms with Crippen LogP contribution >= 0.6 is 11.6 Å². The molecule has 21 heavy (non-hydrogen) atoms. The van der Waals surface area contributed by atoms with E-state index in [-0.39, 0.29) is 5.54 Å². The van der Waals surface area contributed by atoms with Gasteiger partial charge in [0.05, 0.1) is 22.5 Å². The summed E-state index contributed by atoms with van der Waals surface area (Å²) in [6, 6.07) is 0. The lowest BCUT2D eigenvalue weighted by molar-refractivity contribution is -0.00356. The van der Waals surface area contributed by atoms with Gasteiger partial charge in [-0.2, -0.15) is 5.10 Å². The van der Waals surface area contributed by atoms with Crippen LogP contribution in [0.25, 0.3) is 0 Å². The second kappa shape index (κ2) is 6.67. The number of aromatic nitrogens is 2. The fraction of sp³-hybridized carbons (Fsp3) is 0.812. The molecule has 0 radical (unpaired) electrons. The number of hydrogen-bond donors (Lipinski definition) is 1. The lowest BCUT2D eigenvalue weighted by Crippen LogP contribution is -2.52. The normalized spacial score (nSPS) is 19.4. The highest BCUT2D eigenvalue weighted by Crippen LogP contribution is 2.38. The molecule has 0 spiro atoms. The van der Waals surface area contributed by atoms with Crippen LogP contribution in [0.15, 0.2) is 0 Å². The summed E-state index contributed by atoms with van der Waals surface area (Å²) in [4.78, 5) is 2.20. The van der Waals surface area contributed by atoms with E-state index in [1.165, 1.54) is 12.8 Å². The molecular weight excluding hydrogens is 286 g/mol. The number of likely N-dealkylation sites (N-methyl/N-ethyl adjacent to an activating group) is 1. The van der Waals surface area contributed by atoms with E-state index in [0.717, 1.165) is 42.2 Å². The first-order valence-corrected chi connectivity index (χ1v) is 8.43. The van der Waals surface area contributed by atoms with Gasteiger partial charge in [-0.25, -0.2) is 0 Å². The molecule has 0 bridgehead atoms. The lowest BCUT2D eigenvalue weighted by Gasteiger charge is -2.40. The number of aliphatic hydroxyl groups excluding tert-OH is 1.